The Labute approximate surface area is 240 Å². The van der Waals surface area contributed by atoms with E-state index in [1.807, 2.05) is 52.8 Å². The van der Waals surface area contributed by atoms with Crippen molar-refractivity contribution < 1.29 is 14.5 Å². The highest BCUT2D eigenvalue weighted by Gasteiger charge is 2.28. The fourth-order valence-electron chi connectivity index (χ4n) is 5.52. The van der Waals surface area contributed by atoms with Crippen LogP contribution in [0.2, 0.25) is 0 Å². The highest BCUT2D eigenvalue weighted by atomic mass is 16.6. The molecule has 1 saturated heterocycles. The van der Waals surface area contributed by atoms with Gasteiger partial charge in [-0.3, -0.25) is 15.1 Å². The molecule has 1 fully saturated rings. The summed E-state index contributed by atoms with van der Waals surface area (Å²) in [6.45, 7) is 12.7. The van der Waals surface area contributed by atoms with Crippen molar-refractivity contribution in [3.63, 3.8) is 0 Å². The minimum absolute atomic E-state index is 0.0235. The molecule has 0 spiro atoms. The van der Waals surface area contributed by atoms with Gasteiger partial charge in [-0.05, 0) is 95.3 Å². The van der Waals surface area contributed by atoms with Crippen molar-refractivity contribution in [1.29, 1.82) is 0 Å². The van der Waals surface area contributed by atoms with E-state index in [1.165, 1.54) is 0 Å². The summed E-state index contributed by atoms with van der Waals surface area (Å²) in [6.07, 6.45) is 1.04. The largest absolute Gasteiger partial charge is 0.444 e. The van der Waals surface area contributed by atoms with Gasteiger partial charge in [0.15, 0.2) is 0 Å². The van der Waals surface area contributed by atoms with Crippen LogP contribution in [0.15, 0.2) is 48.5 Å². The number of carbonyl (C=O) groups is 1. The zero-order chi connectivity index (χ0) is 29.5. The highest BCUT2D eigenvalue weighted by molar-refractivity contribution is 5.93. The van der Waals surface area contributed by atoms with Crippen LogP contribution in [0.4, 0.5) is 16.2 Å². The molecule has 2 aromatic heterocycles. The van der Waals surface area contributed by atoms with Crippen molar-refractivity contribution >= 4 is 28.4 Å². The fraction of sp³-hybridized carbons (Fsp3) is 0.375. The molecule has 5 rings (SSSR count). The molecule has 2 N–H and O–H groups in total. The number of hydrogen-bond donors (Lipinski definition) is 2. The molecule has 0 atom stereocenters. The fourth-order valence-corrected chi connectivity index (χ4v) is 5.52. The lowest BCUT2D eigenvalue weighted by atomic mass is 10.0. The molecule has 1 aliphatic heterocycles. The van der Waals surface area contributed by atoms with E-state index in [9.17, 15) is 14.9 Å². The molecule has 4 aromatic rings. The molecule has 1 aliphatic rings. The average molecular weight is 556 g/mol. The van der Waals surface area contributed by atoms with Gasteiger partial charge >= 0.3 is 6.09 Å². The zero-order valence-corrected chi connectivity index (χ0v) is 24.5. The van der Waals surface area contributed by atoms with E-state index in [0.717, 1.165) is 50.2 Å². The molecule has 214 valence electrons. The number of anilines is 1. The van der Waals surface area contributed by atoms with Crippen molar-refractivity contribution in [2.24, 2.45) is 0 Å². The molecular formula is C32H37N5O4. The second-order valence-corrected chi connectivity index (χ2v) is 11.9. The van der Waals surface area contributed by atoms with E-state index < -0.39 is 5.60 Å². The van der Waals surface area contributed by atoms with Gasteiger partial charge in [-0.1, -0.05) is 18.2 Å². The van der Waals surface area contributed by atoms with Crippen LogP contribution in [0, 0.1) is 30.9 Å². The summed E-state index contributed by atoms with van der Waals surface area (Å²) in [7, 11) is 0. The maximum atomic E-state index is 12.4. The van der Waals surface area contributed by atoms with Crippen LogP contribution in [0.5, 0.6) is 0 Å². The number of amides is 1. The Balaban J connectivity index is 1.35. The SMILES string of the molecule is Cc1cc(-c2[nH]c3cc(-c4ccc(NC5CCN(C(=O)OC(C)(C)C)CC5)c([N+](=O)[O-])c4)ccc3c2C)cc(C)n1. The Morgan fingerprint density at radius 2 is 1.63 bits per heavy atom. The standard InChI is InChI=1S/C32H37N5O4/c1-19-15-24(16-20(2)33-19)30-21(3)26-9-7-22(17-28(26)35-30)23-8-10-27(29(18-23)37(39)40)34-25-11-13-36(14-12-25)31(38)41-32(4,5)6/h7-10,15-18,25,34-35H,11-14H2,1-6H3. The Bertz CT molecular complexity index is 1610. The van der Waals surface area contributed by atoms with Gasteiger partial charge in [-0.2, -0.15) is 0 Å². The van der Waals surface area contributed by atoms with Crippen molar-refractivity contribution in [3.05, 3.63) is 75.6 Å². The van der Waals surface area contributed by atoms with E-state index in [4.69, 9.17) is 4.74 Å². The zero-order valence-electron chi connectivity index (χ0n) is 24.5. The molecule has 0 bridgehead atoms. The molecule has 0 radical (unpaired) electrons. The number of aromatic nitrogens is 2. The Hall–Kier alpha value is -4.40. The predicted octanol–water partition coefficient (Wildman–Crippen LogP) is 7.54. The van der Waals surface area contributed by atoms with E-state index in [2.05, 4.69) is 40.4 Å². The van der Waals surface area contributed by atoms with Gasteiger partial charge in [-0.25, -0.2) is 4.79 Å². The molecule has 0 saturated carbocycles. The molecule has 0 aliphatic carbocycles. The number of rotatable bonds is 5. The topological polar surface area (TPSA) is 113 Å². The predicted molar refractivity (Wildman–Crippen MR) is 162 cm³/mol. The monoisotopic (exact) mass is 555 g/mol. The molecule has 41 heavy (non-hydrogen) atoms. The smallest absolute Gasteiger partial charge is 0.410 e. The van der Waals surface area contributed by atoms with Gasteiger partial charge < -0.3 is 19.9 Å². The molecule has 0 unspecified atom stereocenters. The number of ether oxygens (including phenoxy) is 1. The van der Waals surface area contributed by atoms with Gasteiger partial charge in [0.05, 0.1) is 4.92 Å². The number of likely N-dealkylation sites (tertiary alicyclic amines) is 1. The number of aryl methyl sites for hydroxylation is 3. The summed E-state index contributed by atoms with van der Waals surface area (Å²) in [5.41, 5.74) is 7.84. The first-order valence-electron chi connectivity index (χ1n) is 14.0. The summed E-state index contributed by atoms with van der Waals surface area (Å²) in [4.78, 5) is 33.9. The van der Waals surface area contributed by atoms with Crippen LogP contribution in [-0.4, -0.2) is 50.6 Å². The Morgan fingerprint density at radius 1 is 1.00 bits per heavy atom. The molecule has 9 nitrogen and oxygen atoms in total. The minimum Gasteiger partial charge on any atom is -0.444 e. The van der Waals surface area contributed by atoms with E-state index >= 15 is 0 Å². The molecular weight excluding hydrogens is 518 g/mol. The third kappa shape index (κ3) is 6.19. The van der Waals surface area contributed by atoms with E-state index in [1.54, 1.807) is 17.0 Å². The lowest BCUT2D eigenvalue weighted by Crippen LogP contribution is -2.44. The van der Waals surface area contributed by atoms with Crippen LogP contribution in [0.25, 0.3) is 33.3 Å². The van der Waals surface area contributed by atoms with E-state index in [-0.39, 0.29) is 22.7 Å². The van der Waals surface area contributed by atoms with Crippen LogP contribution in [0.1, 0.15) is 50.6 Å². The van der Waals surface area contributed by atoms with Gasteiger partial charge in [0.2, 0.25) is 0 Å². The van der Waals surface area contributed by atoms with Gasteiger partial charge in [-0.15, -0.1) is 0 Å². The first-order valence-corrected chi connectivity index (χ1v) is 14.0. The summed E-state index contributed by atoms with van der Waals surface area (Å²) in [6, 6.07) is 15.6. The minimum atomic E-state index is -0.543. The van der Waals surface area contributed by atoms with Gasteiger partial charge in [0.25, 0.3) is 5.69 Å². The Morgan fingerprint density at radius 3 is 2.27 bits per heavy atom. The quantitative estimate of drug-likeness (QED) is 0.194. The first kappa shape index (κ1) is 28.1. The molecule has 3 heterocycles. The number of hydrogen-bond acceptors (Lipinski definition) is 6. The number of piperidine rings is 1. The number of benzene rings is 2. The van der Waals surface area contributed by atoms with E-state index in [0.29, 0.717) is 31.6 Å². The van der Waals surface area contributed by atoms with Gasteiger partial charge in [0, 0.05) is 58.7 Å². The second kappa shape index (κ2) is 10.9. The number of nitrogens with zero attached hydrogens (tertiary/aromatic N) is 3. The summed E-state index contributed by atoms with van der Waals surface area (Å²) in [5, 5.41) is 16.5. The molecule has 1 amide bonds. The number of nitro benzene ring substituents is 1. The number of nitro groups is 1. The van der Waals surface area contributed by atoms with Crippen LogP contribution in [-0.2, 0) is 4.74 Å². The first-order chi connectivity index (χ1) is 19.4. The summed E-state index contributed by atoms with van der Waals surface area (Å²) in [5.74, 6) is 0. The lowest BCUT2D eigenvalue weighted by molar-refractivity contribution is -0.383. The third-order valence-electron chi connectivity index (χ3n) is 7.46. The highest BCUT2D eigenvalue weighted by Crippen LogP contribution is 2.36. The van der Waals surface area contributed by atoms with Crippen molar-refractivity contribution in [3.8, 4) is 22.4 Å². The van der Waals surface area contributed by atoms with Gasteiger partial charge in [0.1, 0.15) is 11.3 Å². The van der Waals surface area contributed by atoms with Crippen LogP contribution >= 0.6 is 0 Å². The van der Waals surface area contributed by atoms with Crippen molar-refractivity contribution in [2.75, 3.05) is 18.4 Å². The number of nitrogens with one attached hydrogen (secondary N) is 2. The number of H-pyrrole nitrogens is 1. The maximum Gasteiger partial charge on any atom is 0.410 e. The molecule has 9 heteroatoms. The average Bonchev–Trinajstić information content (AvgIpc) is 3.23. The number of fused-ring (bicyclic) bond motifs is 1. The van der Waals surface area contributed by atoms with Crippen LogP contribution in [0.3, 0.4) is 0 Å². The summed E-state index contributed by atoms with van der Waals surface area (Å²) < 4.78 is 5.48. The van der Waals surface area contributed by atoms with Crippen LogP contribution < -0.4 is 5.32 Å². The van der Waals surface area contributed by atoms with Crippen molar-refractivity contribution in [2.45, 2.75) is 66.0 Å². The third-order valence-corrected chi connectivity index (χ3v) is 7.46. The number of carbonyl (C=O) groups excluding carboxylic acids is 1. The second-order valence-electron chi connectivity index (χ2n) is 11.9. The van der Waals surface area contributed by atoms with Crippen molar-refractivity contribution in [1.82, 2.24) is 14.9 Å². The maximum absolute atomic E-state index is 12.4. The molecule has 2 aromatic carbocycles. The number of aromatic amines is 1. The lowest BCUT2D eigenvalue weighted by Gasteiger charge is -2.34. The Kier molecular flexibility index (Phi) is 7.46. The normalized spacial score (nSPS) is 14.3. The number of pyridine rings is 1. The summed E-state index contributed by atoms with van der Waals surface area (Å²) >= 11 is 0.